The molecule has 0 aromatic carbocycles. The van der Waals surface area contributed by atoms with E-state index in [1.54, 1.807) is 4.90 Å². The van der Waals surface area contributed by atoms with E-state index in [1.807, 2.05) is 0 Å². The Labute approximate surface area is 159 Å². The Hall–Kier alpha value is -2.26. The Bertz CT molecular complexity index is 937. The Morgan fingerprint density at radius 1 is 1.33 bits per heavy atom. The van der Waals surface area contributed by atoms with Crippen LogP contribution in [0.1, 0.15) is 49.3 Å². The molecular weight excluding hydrogens is 377 g/mol. The van der Waals surface area contributed by atoms with Gasteiger partial charge in [0.25, 0.3) is 0 Å². The highest BCUT2D eigenvalue weighted by Crippen LogP contribution is 2.31. The van der Waals surface area contributed by atoms with E-state index in [9.17, 15) is 19.1 Å². The number of rotatable bonds is 3. The third-order valence-electron chi connectivity index (χ3n) is 5.11. The fourth-order valence-electron chi connectivity index (χ4n) is 3.72. The van der Waals surface area contributed by atoms with Gasteiger partial charge in [-0.3, -0.25) is 14.3 Å². The second-order valence-electron chi connectivity index (χ2n) is 6.89. The minimum Gasteiger partial charge on any atom is -0.385 e. The lowest BCUT2D eigenvalue weighted by Crippen LogP contribution is -2.42. The number of aliphatic hydroxyl groups excluding tert-OH is 1. The average molecular weight is 396 g/mol. The molecule has 0 aliphatic carbocycles. The zero-order chi connectivity index (χ0) is 19.1. The molecule has 4 heterocycles. The largest absolute Gasteiger partial charge is 0.385 e. The number of hydrogen-bond acceptors (Lipinski definition) is 5. The molecule has 0 saturated carbocycles. The monoisotopic (exact) mass is 395 g/mol. The highest BCUT2D eigenvalue weighted by atomic mass is 35.5. The number of carbonyl (C=O) groups is 1. The number of fused-ring (bicyclic) bond motifs is 1. The highest BCUT2D eigenvalue weighted by Gasteiger charge is 2.37. The first-order chi connectivity index (χ1) is 13.0. The second-order valence-corrected chi connectivity index (χ2v) is 7.33. The molecule has 0 radical (unpaired) electrons. The summed E-state index contributed by atoms with van der Waals surface area (Å²) in [5, 5.41) is 14.6. The van der Waals surface area contributed by atoms with Gasteiger partial charge in [-0.15, -0.1) is 0 Å². The first-order valence-corrected chi connectivity index (χ1v) is 9.29. The molecule has 1 amide bonds. The molecule has 144 valence electrons. The lowest BCUT2D eigenvalue weighted by Gasteiger charge is -2.29. The SMILES string of the molecule is O=C(C1CCC(O)c2nn(Cc3ncc(Cl)cc3F)c(=O)n21)N1CCCC1. The lowest BCUT2D eigenvalue weighted by molar-refractivity contribution is -0.134. The van der Waals surface area contributed by atoms with Gasteiger partial charge in [0, 0.05) is 19.3 Å². The Kier molecular flexibility index (Phi) is 4.73. The van der Waals surface area contributed by atoms with E-state index in [4.69, 9.17) is 11.6 Å². The van der Waals surface area contributed by atoms with Crippen LogP contribution in [0.25, 0.3) is 0 Å². The molecule has 2 aliphatic rings. The summed E-state index contributed by atoms with van der Waals surface area (Å²) in [6.07, 6.45) is 2.95. The van der Waals surface area contributed by atoms with Crippen molar-refractivity contribution < 1.29 is 14.3 Å². The van der Waals surface area contributed by atoms with Gasteiger partial charge in [-0.2, -0.15) is 5.10 Å². The first-order valence-electron chi connectivity index (χ1n) is 8.91. The number of carbonyl (C=O) groups excluding carboxylic acids is 1. The molecular formula is C17H19ClFN5O3. The Balaban J connectivity index is 1.69. The van der Waals surface area contributed by atoms with Crippen LogP contribution in [0.2, 0.25) is 5.02 Å². The van der Waals surface area contributed by atoms with Gasteiger partial charge in [-0.05, 0) is 31.7 Å². The van der Waals surface area contributed by atoms with E-state index in [1.165, 1.54) is 10.8 Å². The van der Waals surface area contributed by atoms with E-state index in [0.29, 0.717) is 25.9 Å². The van der Waals surface area contributed by atoms with Gasteiger partial charge in [-0.25, -0.2) is 13.9 Å². The molecule has 1 saturated heterocycles. The smallest absolute Gasteiger partial charge is 0.347 e. The molecule has 27 heavy (non-hydrogen) atoms. The topological polar surface area (TPSA) is 93.2 Å². The molecule has 2 atom stereocenters. The lowest BCUT2D eigenvalue weighted by atomic mass is 10.0. The predicted molar refractivity (Wildman–Crippen MR) is 93.8 cm³/mol. The summed E-state index contributed by atoms with van der Waals surface area (Å²) >= 11 is 5.70. The van der Waals surface area contributed by atoms with Crippen LogP contribution in [0.4, 0.5) is 4.39 Å². The third kappa shape index (κ3) is 3.25. The normalized spacial score (nSPS) is 22.1. The molecule has 8 nitrogen and oxygen atoms in total. The molecule has 2 aliphatic heterocycles. The van der Waals surface area contributed by atoms with Crippen molar-refractivity contribution in [2.75, 3.05) is 13.1 Å². The summed E-state index contributed by atoms with van der Waals surface area (Å²) in [5.74, 6) is -0.637. The maximum Gasteiger partial charge on any atom is 0.347 e. The molecule has 0 spiro atoms. The summed E-state index contributed by atoms with van der Waals surface area (Å²) in [4.78, 5) is 31.4. The third-order valence-corrected chi connectivity index (χ3v) is 5.31. The van der Waals surface area contributed by atoms with Crippen LogP contribution >= 0.6 is 11.6 Å². The van der Waals surface area contributed by atoms with Crippen LogP contribution in [0.5, 0.6) is 0 Å². The Morgan fingerprint density at radius 3 is 2.78 bits per heavy atom. The zero-order valence-electron chi connectivity index (χ0n) is 14.5. The van der Waals surface area contributed by atoms with Crippen LogP contribution < -0.4 is 5.69 Å². The van der Waals surface area contributed by atoms with Crippen LogP contribution in [0.15, 0.2) is 17.1 Å². The molecule has 2 aromatic heterocycles. The van der Waals surface area contributed by atoms with Crippen LogP contribution in [-0.2, 0) is 11.3 Å². The number of hydrogen-bond donors (Lipinski definition) is 1. The number of pyridine rings is 1. The number of nitrogens with zero attached hydrogens (tertiary/aromatic N) is 5. The van der Waals surface area contributed by atoms with Crippen molar-refractivity contribution in [3.05, 3.63) is 45.1 Å². The van der Waals surface area contributed by atoms with Crippen molar-refractivity contribution in [2.45, 2.75) is 44.4 Å². The van der Waals surface area contributed by atoms with Gasteiger partial charge in [0.15, 0.2) is 5.82 Å². The number of aliphatic hydroxyl groups is 1. The predicted octanol–water partition coefficient (Wildman–Crippen LogP) is 1.27. The number of amides is 1. The molecule has 10 heteroatoms. The van der Waals surface area contributed by atoms with Gasteiger partial charge in [0.05, 0.1) is 17.3 Å². The zero-order valence-corrected chi connectivity index (χ0v) is 15.3. The molecule has 0 bridgehead atoms. The standard InChI is InChI=1S/C17H19ClFN5O3/c18-10-7-11(19)12(20-8-10)9-23-17(27)24-13(3-4-14(25)15(24)21-23)16(26)22-5-1-2-6-22/h7-8,13-14,25H,1-6,9H2. The van der Waals surface area contributed by atoms with Crippen molar-refractivity contribution >= 4 is 17.5 Å². The van der Waals surface area contributed by atoms with Crippen molar-refractivity contribution in [1.29, 1.82) is 0 Å². The molecule has 1 fully saturated rings. The van der Waals surface area contributed by atoms with E-state index >= 15 is 0 Å². The van der Waals surface area contributed by atoms with Crippen molar-refractivity contribution in [2.24, 2.45) is 0 Å². The molecule has 4 rings (SSSR count). The van der Waals surface area contributed by atoms with Gasteiger partial charge in [0.1, 0.15) is 18.0 Å². The first kappa shape index (κ1) is 18.1. The van der Waals surface area contributed by atoms with Crippen molar-refractivity contribution in [3.63, 3.8) is 0 Å². The quantitative estimate of drug-likeness (QED) is 0.844. The summed E-state index contributed by atoms with van der Waals surface area (Å²) < 4.78 is 16.3. The summed E-state index contributed by atoms with van der Waals surface area (Å²) in [6.45, 7) is 1.14. The minimum absolute atomic E-state index is 0.00820. The number of aromatic nitrogens is 4. The van der Waals surface area contributed by atoms with E-state index in [0.717, 1.165) is 23.6 Å². The number of likely N-dealkylation sites (tertiary alicyclic amines) is 1. The second kappa shape index (κ2) is 7.05. The highest BCUT2D eigenvalue weighted by molar-refractivity contribution is 6.30. The fourth-order valence-corrected chi connectivity index (χ4v) is 3.86. The minimum atomic E-state index is -0.940. The van der Waals surface area contributed by atoms with E-state index in [2.05, 4.69) is 10.1 Å². The summed E-state index contributed by atoms with van der Waals surface area (Å²) in [5.41, 5.74) is -0.550. The molecule has 2 unspecified atom stereocenters. The van der Waals surface area contributed by atoms with Gasteiger partial charge < -0.3 is 10.0 Å². The maximum absolute atomic E-state index is 14.0. The molecule has 2 aromatic rings. The summed E-state index contributed by atoms with van der Waals surface area (Å²) in [7, 11) is 0. The maximum atomic E-state index is 14.0. The van der Waals surface area contributed by atoms with Gasteiger partial charge in [0.2, 0.25) is 5.91 Å². The van der Waals surface area contributed by atoms with E-state index in [-0.39, 0.29) is 29.0 Å². The fraction of sp³-hybridized carbons (Fsp3) is 0.529. The van der Waals surface area contributed by atoms with Gasteiger partial charge in [-0.1, -0.05) is 11.6 Å². The van der Waals surface area contributed by atoms with Crippen molar-refractivity contribution in [3.8, 4) is 0 Å². The Morgan fingerprint density at radius 2 is 2.07 bits per heavy atom. The average Bonchev–Trinajstić information content (AvgIpc) is 3.27. The van der Waals surface area contributed by atoms with Gasteiger partial charge >= 0.3 is 5.69 Å². The van der Waals surface area contributed by atoms with Crippen LogP contribution in [-0.4, -0.2) is 48.3 Å². The van der Waals surface area contributed by atoms with Crippen LogP contribution in [0, 0.1) is 5.82 Å². The number of halogens is 2. The van der Waals surface area contributed by atoms with Crippen LogP contribution in [0.3, 0.4) is 0 Å². The summed E-state index contributed by atoms with van der Waals surface area (Å²) in [6, 6.07) is 0.421. The molecule has 1 N–H and O–H groups in total. The van der Waals surface area contributed by atoms with E-state index < -0.39 is 23.7 Å². The van der Waals surface area contributed by atoms with Crippen molar-refractivity contribution in [1.82, 2.24) is 24.2 Å².